The van der Waals surface area contributed by atoms with Crippen LogP contribution in [-0.2, 0) is 14.3 Å². The number of nitrogens with zero attached hydrogens (tertiary/aromatic N) is 1. The monoisotopic (exact) mass is 478 g/mol. The van der Waals surface area contributed by atoms with E-state index in [2.05, 4.69) is 10.3 Å². The number of aromatic nitrogens is 1. The molecule has 1 N–H and O–H groups in total. The number of amides is 1. The first-order valence-corrected chi connectivity index (χ1v) is 11.5. The molecule has 1 aromatic carbocycles. The maximum Gasteiger partial charge on any atom is 0.408 e. The standard InChI is InChI=1S/C24H31ClN2O6/c1-24(2,3)33-23(29)27-18(22(28)32-15-7-5-6-8-15)10-12-31-21-14-19-16(13-20(21)30-4)17(25)9-11-26-19/h9,11,13-15,18H,5-8,10,12H2,1-4H3,(H,27,29)/t18-/m1/s1. The van der Waals surface area contributed by atoms with E-state index >= 15 is 0 Å². The predicted molar refractivity (Wildman–Crippen MR) is 125 cm³/mol. The summed E-state index contributed by atoms with van der Waals surface area (Å²) in [5.41, 5.74) is -0.0323. The van der Waals surface area contributed by atoms with Gasteiger partial charge in [-0.3, -0.25) is 4.98 Å². The normalized spacial score (nSPS) is 15.2. The van der Waals surface area contributed by atoms with Crippen molar-refractivity contribution in [3.8, 4) is 11.5 Å². The van der Waals surface area contributed by atoms with Gasteiger partial charge in [0, 0.05) is 24.1 Å². The van der Waals surface area contributed by atoms with Crippen molar-refractivity contribution in [1.82, 2.24) is 10.3 Å². The highest BCUT2D eigenvalue weighted by atomic mass is 35.5. The van der Waals surface area contributed by atoms with Crippen LogP contribution in [0.1, 0.15) is 52.9 Å². The van der Waals surface area contributed by atoms with Crippen LogP contribution >= 0.6 is 11.6 Å². The van der Waals surface area contributed by atoms with E-state index in [0.717, 1.165) is 31.1 Å². The van der Waals surface area contributed by atoms with Gasteiger partial charge in [0.2, 0.25) is 0 Å². The molecule has 1 heterocycles. The molecule has 3 rings (SSSR count). The molecule has 0 bridgehead atoms. The number of fused-ring (bicyclic) bond motifs is 1. The number of ether oxygens (including phenoxy) is 4. The van der Waals surface area contributed by atoms with E-state index in [0.29, 0.717) is 22.0 Å². The van der Waals surface area contributed by atoms with Gasteiger partial charge in [-0.15, -0.1) is 0 Å². The minimum Gasteiger partial charge on any atom is -0.493 e. The van der Waals surface area contributed by atoms with Crippen LogP contribution in [0.25, 0.3) is 10.9 Å². The average molecular weight is 479 g/mol. The average Bonchev–Trinajstić information content (AvgIpc) is 3.24. The van der Waals surface area contributed by atoms with Crippen LogP contribution in [0.15, 0.2) is 24.4 Å². The summed E-state index contributed by atoms with van der Waals surface area (Å²) in [5, 5.41) is 3.92. The number of benzene rings is 1. The maximum atomic E-state index is 12.8. The second-order valence-corrected chi connectivity index (χ2v) is 9.40. The highest BCUT2D eigenvalue weighted by Gasteiger charge is 2.29. The Morgan fingerprint density at radius 2 is 1.94 bits per heavy atom. The van der Waals surface area contributed by atoms with E-state index in [-0.39, 0.29) is 19.1 Å². The van der Waals surface area contributed by atoms with Gasteiger partial charge in [-0.05, 0) is 58.6 Å². The zero-order valence-corrected chi connectivity index (χ0v) is 20.2. The lowest BCUT2D eigenvalue weighted by Gasteiger charge is -2.24. The van der Waals surface area contributed by atoms with Crippen molar-refractivity contribution in [2.24, 2.45) is 0 Å². The fourth-order valence-corrected chi connectivity index (χ4v) is 3.84. The van der Waals surface area contributed by atoms with Crippen molar-refractivity contribution >= 4 is 34.6 Å². The van der Waals surface area contributed by atoms with Gasteiger partial charge in [-0.2, -0.15) is 0 Å². The molecule has 1 aromatic heterocycles. The van der Waals surface area contributed by atoms with Gasteiger partial charge in [0.05, 0.1) is 24.3 Å². The molecule has 0 radical (unpaired) electrons. The lowest BCUT2D eigenvalue weighted by atomic mass is 10.2. The quantitative estimate of drug-likeness (QED) is 0.530. The Morgan fingerprint density at radius 1 is 1.21 bits per heavy atom. The first-order chi connectivity index (χ1) is 15.7. The Labute approximate surface area is 198 Å². The Kier molecular flexibility index (Phi) is 8.24. The van der Waals surface area contributed by atoms with Crippen LogP contribution in [0.3, 0.4) is 0 Å². The highest BCUT2D eigenvalue weighted by molar-refractivity contribution is 6.35. The number of nitrogens with one attached hydrogen (secondary N) is 1. The van der Waals surface area contributed by atoms with Crippen molar-refractivity contribution in [2.75, 3.05) is 13.7 Å². The van der Waals surface area contributed by atoms with Gasteiger partial charge in [0.25, 0.3) is 0 Å². The summed E-state index contributed by atoms with van der Waals surface area (Å²) in [6.07, 6.45) is 4.75. The number of esters is 1. The van der Waals surface area contributed by atoms with Crippen LogP contribution in [0.5, 0.6) is 11.5 Å². The van der Waals surface area contributed by atoms with Gasteiger partial charge in [-0.1, -0.05) is 11.6 Å². The number of rotatable bonds is 8. The Morgan fingerprint density at radius 3 is 2.61 bits per heavy atom. The summed E-state index contributed by atoms with van der Waals surface area (Å²) in [7, 11) is 1.53. The van der Waals surface area contributed by atoms with Crippen molar-refractivity contribution in [1.29, 1.82) is 0 Å². The fourth-order valence-electron chi connectivity index (χ4n) is 3.63. The molecule has 0 unspecified atom stereocenters. The Hall–Kier alpha value is -2.74. The first kappa shape index (κ1) is 24.9. The maximum absolute atomic E-state index is 12.8. The summed E-state index contributed by atoms with van der Waals surface area (Å²) >= 11 is 6.24. The SMILES string of the molecule is COc1cc2c(Cl)ccnc2cc1OCC[C@@H](NC(=O)OC(C)(C)C)C(=O)OC1CCCC1. The lowest BCUT2D eigenvalue weighted by Crippen LogP contribution is -2.45. The predicted octanol–water partition coefficient (Wildman–Crippen LogP) is 5.04. The van der Waals surface area contributed by atoms with Gasteiger partial charge < -0.3 is 24.3 Å². The molecule has 1 aliphatic carbocycles. The molecule has 9 heteroatoms. The van der Waals surface area contributed by atoms with Gasteiger partial charge in [0.15, 0.2) is 11.5 Å². The van der Waals surface area contributed by atoms with E-state index in [4.69, 9.17) is 30.5 Å². The largest absolute Gasteiger partial charge is 0.493 e. The molecule has 2 aromatic rings. The highest BCUT2D eigenvalue weighted by Crippen LogP contribution is 2.34. The molecule has 33 heavy (non-hydrogen) atoms. The molecule has 180 valence electrons. The summed E-state index contributed by atoms with van der Waals surface area (Å²) in [4.78, 5) is 29.4. The van der Waals surface area contributed by atoms with Gasteiger partial charge >= 0.3 is 12.1 Å². The van der Waals surface area contributed by atoms with Crippen molar-refractivity contribution < 1.29 is 28.5 Å². The molecule has 0 spiro atoms. The first-order valence-electron chi connectivity index (χ1n) is 11.1. The van der Waals surface area contributed by atoms with E-state index in [1.165, 1.54) is 7.11 Å². The van der Waals surface area contributed by atoms with Crippen LogP contribution in [0, 0.1) is 0 Å². The third-order valence-electron chi connectivity index (χ3n) is 5.20. The number of hydrogen-bond donors (Lipinski definition) is 1. The van der Waals surface area contributed by atoms with Crippen LogP contribution in [0.4, 0.5) is 4.79 Å². The van der Waals surface area contributed by atoms with E-state index < -0.39 is 23.7 Å². The van der Waals surface area contributed by atoms with E-state index in [9.17, 15) is 9.59 Å². The molecule has 1 aliphatic rings. The van der Waals surface area contributed by atoms with Crippen LogP contribution < -0.4 is 14.8 Å². The Bertz CT molecular complexity index is 985. The molecular weight excluding hydrogens is 448 g/mol. The molecule has 8 nitrogen and oxygen atoms in total. The lowest BCUT2D eigenvalue weighted by molar-refractivity contribution is -0.151. The second-order valence-electron chi connectivity index (χ2n) is 8.99. The number of carbonyl (C=O) groups excluding carboxylic acids is 2. The summed E-state index contributed by atoms with van der Waals surface area (Å²) < 4.78 is 22.2. The molecule has 0 aliphatic heterocycles. The summed E-state index contributed by atoms with van der Waals surface area (Å²) in [5.74, 6) is 0.456. The molecule has 1 fully saturated rings. The van der Waals surface area contributed by atoms with Crippen molar-refractivity contribution in [2.45, 2.75) is 70.6 Å². The molecular formula is C24H31ClN2O6. The van der Waals surface area contributed by atoms with Crippen LogP contribution in [-0.4, -0.2) is 48.5 Å². The Balaban J connectivity index is 1.68. The van der Waals surface area contributed by atoms with Gasteiger partial charge in [-0.25, -0.2) is 9.59 Å². The molecule has 1 saturated carbocycles. The van der Waals surface area contributed by atoms with Crippen LogP contribution in [0.2, 0.25) is 5.02 Å². The second kappa shape index (κ2) is 10.9. The van der Waals surface area contributed by atoms with Gasteiger partial charge in [0.1, 0.15) is 17.7 Å². The topological polar surface area (TPSA) is 96.0 Å². The van der Waals surface area contributed by atoms with Crippen molar-refractivity contribution in [3.63, 3.8) is 0 Å². The summed E-state index contributed by atoms with van der Waals surface area (Å²) in [6, 6.07) is 4.28. The molecule has 1 atom stereocenters. The minimum atomic E-state index is -0.903. The molecule has 1 amide bonds. The third kappa shape index (κ3) is 7.12. The van der Waals surface area contributed by atoms with E-state index in [1.807, 2.05) is 0 Å². The number of halogens is 1. The van der Waals surface area contributed by atoms with E-state index in [1.54, 1.807) is 45.2 Å². The number of alkyl carbamates (subject to hydrolysis) is 1. The number of hydrogen-bond acceptors (Lipinski definition) is 7. The minimum absolute atomic E-state index is 0.113. The van der Waals surface area contributed by atoms with Crippen molar-refractivity contribution in [3.05, 3.63) is 29.4 Å². The number of methoxy groups -OCH3 is 1. The zero-order valence-electron chi connectivity index (χ0n) is 19.5. The number of pyridine rings is 1. The summed E-state index contributed by atoms with van der Waals surface area (Å²) in [6.45, 7) is 5.40. The third-order valence-corrected chi connectivity index (χ3v) is 5.53. The number of carbonyl (C=O) groups is 2. The smallest absolute Gasteiger partial charge is 0.408 e. The zero-order chi connectivity index (χ0) is 24.0. The molecule has 0 saturated heterocycles. The fraction of sp³-hybridized carbons (Fsp3) is 0.542.